The van der Waals surface area contributed by atoms with Crippen molar-refractivity contribution in [3.63, 3.8) is 0 Å². The summed E-state index contributed by atoms with van der Waals surface area (Å²) in [7, 11) is 0. The zero-order valence-corrected chi connectivity index (χ0v) is 13.1. The van der Waals surface area contributed by atoms with Gasteiger partial charge in [-0.25, -0.2) is 4.52 Å². The summed E-state index contributed by atoms with van der Waals surface area (Å²) in [6.45, 7) is 0. The maximum Gasteiger partial charge on any atom is 0.282 e. The number of hydrogen-bond donors (Lipinski definition) is 0. The van der Waals surface area contributed by atoms with E-state index in [9.17, 15) is 9.59 Å². The normalized spacial score (nSPS) is 11.9. The Morgan fingerprint density at radius 3 is 1.60 bits per heavy atom. The summed E-state index contributed by atoms with van der Waals surface area (Å²) >= 11 is 6.70. The quantitative estimate of drug-likeness (QED) is 0.461. The molecule has 0 saturated heterocycles. The molecule has 0 unspecified atom stereocenters. The van der Waals surface area contributed by atoms with E-state index in [2.05, 4.69) is 31.9 Å². The van der Waals surface area contributed by atoms with Gasteiger partial charge in [-0.1, -0.05) is 31.9 Å². The van der Waals surface area contributed by atoms with Crippen molar-refractivity contribution in [3.05, 3.63) is 66.1 Å². The van der Waals surface area contributed by atoms with Gasteiger partial charge in [0.05, 0.1) is 21.8 Å². The molecule has 0 radical (unpaired) electrons. The Morgan fingerprint density at radius 1 is 0.700 bits per heavy atom. The molecule has 0 aliphatic carbocycles. The van der Waals surface area contributed by atoms with E-state index in [0.29, 0.717) is 10.8 Å². The number of aromatic nitrogens is 2. The molecule has 6 heteroatoms. The van der Waals surface area contributed by atoms with Crippen LogP contribution >= 0.6 is 31.9 Å². The monoisotopic (exact) mass is 392 g/mol. The van der Waals surface area contributed by atoms with Gasteiger partial charge in [0.25, 0.3) is 11.1 Å². The number of rotatable bonds is 0. The van der Waals surface area contributed by atoms with Crippen molar-refractivity contribution in [2.75, 3.05) is 0 Å². The minimum Gasteiger partial charge on any atom is -0.267 e. The molecule has 0 saturated carbocycles. The maximum atomic E-state index is 12.4. The molecule has 0 fully saturated rings. The second-order valence-electron chi connectivity index (χ2n) is 4.56. The predicted molar refractivity (Wildman–Crippen MR) is 85.0 cm³/mol. The summed E-state index contributed by atoms with van der Waals surface area (Å²) < 4.78 is 4.49. The SMILES string of the molecule is O=c1c2cc(Br)ccc2n2c3ccc(Br)cc3c(=O)n12. The van der Waals surface area contributed by atoms with Gasteiger partial charge in [0, 0.05) is 8.95 Å². The van der Waals surface area contributed by atoms with Crippen LogP contribution in [0, 0.1) is 0 Å². The first-order chi connectivity index (χ1) is 9.58. The number of benzene rings is 2. The van der Waals surface area contributed by atoms with Crippen molar-refractivity contribution in [2.24, 2.45) is 0 Å². The van der Waals surface area contributed by atoms with Crippen LogP contribution in [0.3, 0.4) is 0 Å². The van der Waals surface area contributed by atoms with Crippen LogP contribution in [-0.4, -0.2) is 9.03 Å². The van der Waals surface area contributed by atoms with E-state index in [-0.39, 0.29) is 11.1 Å². The Hall–Kier alpha value is -1.66. The number of hydrogen-bond acceptors (Lipinski definition) is 2. The van der Waals surface area contributed by atoms with Gasteiger partial charge in [-0.05, 0) is 36.4 Å². The van der Waals surface area contributed by atoms with Crippen LogP contribution in [0.25, 0.3) is 21.8 Å². The first-order valence-corrected chi connectivity index (χ1v) is 7.44. The van der Waals surface area contributed by atoms with Gasteiger partial charge in [-0.15, -0.1) is 0 Å². The van der Waals surface area contributed by atoms with Gasteiger partial charge in [0.2, 0.25) is 0 Å². The van der Waals surface area contributed by atoms with Gasteiger partial charge in [0.15, 0.2) is 0 Å². The van der Waals surface area contributed by atoms with Crippen LogP contribution in [0.4, 0.5) is 0 Å². The minimum absolute atomic E-state index is 0.293. The van der Waals surface area contributed by atoms with Crippen molar-refractivity contribution >= 4 is 53.7 Å². The second-order valence-corrected chi connectivity index (χ2v) is 6.39. The van der Waals surface area contributed by atoms with Crippen molar-refractivity contribution in [1.29, 1.82) is 0 Å². The van der Waals surface area contributed by atoms with Crippen molar-refractivity contribution < 1.29 is 0 Å². The Labute approximate surface area is 128 Å². The van der Waals surface area contributed by atoms with Crippen molar-refractivity contribution in [1.82, 2.24) is 9.03 Å². The van der Waals surface area contributed by atoms with Gasteiger partial charge in [-0.2, -0.15) is 4.52 Å². The standard InChI is InChI=1S/C14H6Br2N2O2/c15-7-1-3-11-9(5-7)13(19)18-14(20)10-6-8(16)2-4-12(10)17(11)18/h1-6H. The largest absolute Gasteiger partial charge is 0.282 e. The molecule has 2 aromatic carbocycles. The third kappa shape index (κ3) is 1.40. The summed E-state index contributed by atoms with van der Waals surface area (Å²) in [5, 5.41) is 1.06. The highest BCUT2D eigenvalue weighted by molar-refractivity contribution is 9.10. The maximum absolute atomic E-state index is 12.4. The molecule has 4 rings (SSSR count). The van der Waals surface area contributed by atoms with E-state index in [4.69, 9.17) is 0 Å². The van der Waals surface area contributed by atoms with Crippen LogP contribution in [0.1, 0.15) is 0 Å². The first kappa shape index (κ1) is 12.1. The summed E-state index contributed by atoms with van der Waals surface area (Å²) in [5.74, 6) is 0. The zero-order valence-electron chi connectivity index (χ0n) is 9.93. The molecule has 4 nitrogen and oxygen atoms in total. The lowest BCUT2D eigenvalue weighted by molar-refractivity contribution is 0.841. The van der Waals surface area contributed by atoms with E-state index in [1.54, 1.807) is 16.6 Å². The Bertz CT molecular complexity index is 1030. The first-order valence-electron chi connectivity index (χ1n) is 5.86. The fraction of sp³-hybridized carbons (Fsp3) is 0. The van der Waals surface area contributed by atoms with E-state index in [0.717, 1.165) is 20.0 Å². The van der Waals surface area contributed by atoms with Crippen LogP contribution in [0.5, 0.6) is 0 Å². The third-order valence-electron chi connectivity index (χ3n) is 3.42. The molecule has 2 aromatic heterocycles. The lowest BCUT2D eigenvalue weighted by atomic mass is 10.2. The Balaban J connectivity index is 2.43. The highest BCUT2D eigenvalue weighted by Gasteiger charge is 2.17. The second kappa shape index (κ2) is 3.93. The summed E-state index contributed by atoms with van der Waals surface area (Å²) in [6, 6.07) is 10.9. The molecule has 98 valence electrons. The fourth-order valence-electron chi connectivity index (χ4n) is 2.58. The van der Waals surface area contributed by atoms with Gasteiger partial charge < -0.3 is 0 Å². The van der Waals surface area contributed by atoms with Crippen LogP contribution < -0.4 is 11.1 Å². The van der Waals surface area contributed by atoms with Crippen LogP contribution in [-0.2, 0) is 0 Å². The Morgan fingerprint density at radius 2 is 1.15 bits per heavy atom. The summed E-state index contributed by atoms with van der Waals surface area (Å²) in [4.78, 5) is 24.9. The smallest absolute Gasteiger partial charge is 0.267 e. The molecular weight excluding hydrogens is 388 g/mol. The minimum atomic E-state index is -0.293. The molecular formula is C14H6Br2N2O2. The average molecular weight is 394 g/mol. The van der Waals surface area contributed by atoms with Gasteiger partial charge in [-0.3, -0.25) is 9.59 Å². The van der Waals surface area contributed by atoms with Gasteiger partial charge >= 0.3 is 0 Å². The van der Waals surface area contributed by atoms with Crippen LogP contribution in [0.2, 0.25) is 0 Å². The number of halogens is 2. The average Bonchev–Trinajstić information content (AvgIpc) is 2.86. The number of nitrogens with zero attached hydrogens (tertiary/aromatic N) is 2. The zero-order chi connectivity index (χ0) is 14.0. The molecule has 0 N–H and O–H groups in total. The van der Waals surface area contributed by atoms with E-state index < -0.39 is 0 Å². The molecule has 0 aliphatic rings. The fourth-order valence-corrected chi connectivity index (χ4v) is 3.30. The molecule has 4 aromatic rings. The number of fused-ring (bicyclic) bond motifs is 5. The van der Waals surface area contributed by atoms with Gasteiger partial charge in [0.1, 0.15) is 0 Å². The molecule has 20 heavy (non-hydrogen) atoms. The van der Waals surface area contributed by atoms with Crippen LogP contribution in [0.15, 0.2) is 54.9 Å². The highest BCUT2D eigenvalue weighted by Crippen LogP contribution is 2.22. The molecule has 0 aliphatic heterocycles. The molecule has 0 bridgehead atoms. The highest BCUT2D eigenvalue weighted by atomic mass is 79.9. The molecule has 0 amide bonds. The van der Waals surface area contributed by atoms with E-state index >= 15 is 0 Å². The topological polar surface area (TPSA) is 43.0 Å². The molecule has 0 atom stereocenters. The third-order valence-corrected chi connectivity index (χ3v) is 4.41. The van der Waals surface area contributed by atoms with Crippen molar-refractivity contribution in [2.45, 2.75) is 0 Å². The van der Waals surface area contributed by atoms with E-state index in [1.165, 1.54) is 4.52 Å². The lowest BCUT2D eigenvalue weighted by Gasteiger charge is -1.95. The molecule has 2 heterocycles. The molecule has 0 spiro atoms. The van der Waals surface area contributed by atoms with E-state index in [1.807, 2.05) is 24.3 Å². The lowest BCUT2D eigenvalue weighted by Crippen LogP contribution is -2.21. The summed E-state index contributed by atoms with van der Waals surface area (Å²) in [5.41, 5.74) is 0.873. The van der Waals surface area contributed by atoms with Crippen molar-refractivity contribution in [3.8, 4) is 0 Å². The predicted octanol–water partition coefficient (Wildman–Crippen LogP) is 3.03. The Kier molecular flexibility index (Phi) is 2.38. The summed E-state index contributed by atoms with van der Waals surface area (Å²) in [6.07, 6.45) is 0.